The van der Waals surface area contributed by atoms with Crippen molar-refractivity contribution in [2.75, 3.05) is 18.1 Å². The molecule has 1 aliphatic heterocycles. The van der Waals surface area contributed by atoms with Crippen LogP contribution in [0.15, 0.2) is 78.9 Å². The molecule has 0 unspecified atom stereocenters. The largest absolute Gasteiger partial charge is 0.494 e. The topological polar surface area (TPSA) is 58.6 Å². The number of carbonyl (C=O) groups is 2. The highest BCUT2D eigenvalue weighted by Crippen LogP contribution is 2.29. The molecule has 158 valence electrons. The molecule has 5 heteroatoms. The summed E-state index contributed by atoms with van der Waals surface area (Å²) in [5, 5.41) is 2.96. The van der Waals surface area contributed by atoms with E-state index in [1.807, 2.05) is 55.5 Å². The van der Waals surface area contributed by atoms with E-state index in [1.54, 1.807) is 29.2 Å². The molecular formula is C26H26N2O3. The Labute approximate surface area is 182 Å². The lowest BCUT2D eigenvalue weighted by Gasteiger charge is -2.32. The molecule has 3 aromatic rings. The molecule has 4 rings (SSSR count). The van der Waals surface area contributed by atoms with Crippen LogP contribution in [0.2, 0.25) is 0 Å². The number of nitrogens with one attached hydrogen (secondary N) is 1. The highest BCUT2D eigenvalue weighted by atomic mass is 16.5. The molecule has 1 aliphatic rings. The van der Waals surface area contributed by atoms with Crippen molar-refractivity contribution < 1.29 is 14.3 Å². The lowest BCUT2D eigenvalue weighted by Crippen LogP contribution is -2.45. The van der Waals surface area contributed by atoms with E-state index in [2.05, 4.69) is 11.4 Å². The predicted octanol–water partition coefficient (Wildman–Crippen LogP) is 4.54. The fraction of sp³-hybridized carbons (Fsp3) is 0.231. The minimum atomic E-state index is -0.772. The van der Waals surface area contributed by atoms with Crippen LogP contribution in [0.3, 0.4) is 0 Å². The minimum Gasteiger partial charge on any atom is -0.494 e. The summed E-state index contributed by atoms with van der Waals surface area (Å²) in [6.07, 6.45) is 1.85. The van der Waals surface area contributed by atoms with Crippen molar-refractivity contribution in [3.05, 3.63) is 95.6 Å². The number of ether oxygens (including phenoxy) is 1. The van der Waals surface area contributed by atoms with E-state index in [1.165, 1.54) is 0 Å². The maximum absolute atomic E-state index is 13.7. The summed E-state index contributed by atoms with van der Waals surface area (Å²) in [6, 6.07) is 23.5. The second-order valence-corrected chi connectivity index (χ2v) is 7.50. The Morgan fingerprint density at radius 3 is 2.42 bits per heavy atom. The van der Waals surface area contributed by atoms with Gasteiger partial charge in [0.25, 0.3) is 11.8 Å². The van der Waals surface area contributed by atoms with Gasteiger partial charge in [0.05, 0.1) is 6.61 Å². The zero-order valence-electron chi connectivity index (χ0n) is 17.6. The SMILES string of the molecule is CCOc1ccc(C(=O)N[C@H](C(=O)N2CCCc3ccccc32)c2ccccc2)cc1. The molecule has 0 radical (unpaired) electrons. The maximum Gasteiger partial charge on any atom is 0.254 e. The van der Waals surface area contributed by atoms with Crippen LogP contribution in [0, 0.1) is 0 Å². The summed E-state index contributed by atoms with van der Waals surface area (Å²) >= 11 is 0. The maximum atomic E-state index is 13.7. The van der Waals surface area contributed by atoms with Gasteiger partial charge < -0.3 is 15.0 Å². The number of fused-ring (bicyclic) bond motifs is 1. The fourth-order valence-electron chi connectivity index (χ4n) is 3.94. The Bertz CT molecular complexity index is 1050. The van der Waals surface area contributed by atoms with E-state index >= 15 is 0 Å². The number of para-hydroxylation sites is 1. The number of rotatable bonds is 6. The number of nitrogens with zero attached hydrogens (tertiary/aromatic N) is 1. The van der Waals surface area contributed by atoms with Crippen molar-refractivity contribution in [2.45, 2.75) is 25.8 Å². The first kappa shape index (κ1) is 20.7. The van der Waals surface area contributed by atoms with E-state index in [0.717, 1.165) is 29.7 Å². The van der Waals surface area contributed by atoms with Crippen LogP contribution in [-0.4, -0.2) is 25.0 Å². The highest BCUT2D eigenvalue weighted by molar-refractivity contribution is 6.03. The lowest BCUT2D eigenvalue weighted by molar-refractivity contribution is -0.120. The van der Waals surface area contributed by atoms with Gasteiger partial charge in [-0.2, -0.15) is 0 Å². The summed E-state index contributed by atoms with van der Waals surface area (Å²) < 4.78 is 5.45. The number of amides is 2. The van der Waals surface area contributed by atoms with Gasteiger partial charge in [-0.15, -0.1) is 0 Å². The summed E-state index contributed by atoms with van der Waals surface area (Å²) in [7, 11) is 0. The second-order valence-electron chi connectivity index (χ2n) is 7.50. The van der Waals surface area contributed by atoms with Crippen LogP contribution in [0.25, 0.3) is 0 Å². The van der Waals surface area contributed by atoms with Gasteiger partial charge in [-0.1, -0.05) is 48.5 Å². The molecule has 0 bridgehead atoms. The number of hydrogen-bond acceptors (Lipinski definition) is 3. The number of hydrogen-bond donors (Lipinski definition) is 1. The Kier molecular flexibility index (Phi) is 6.32. The molecule has 0 saturated heterocycles. The van der Waals surface area contributed by atoms with E-state index in [4.69, 9.17) is 4.74 Å². The van der Waals surface area contributed by atoms with E-state index in [0.29, 0.717) is 24.5 Å². The number of aryl methyl sites for hydroxylation is 1. The van der Waals surface area contributed by atoms with Gasteiger partial charge in [0, 0.05) is 17.8 Å². The standard InChI is InChI=1S/C26H26N2O3/c1-2-31-22-16-14-21(15-17-22)25(29)27-24(20-10-4-3-5-11-20)26(30)28-18-8-12-19-9-6-7-13-23(19)28/h3-7,9-11,13-17,24H,2,8,12,18H2,1H3,(H,27,29)/t24-/m0/s1. The molecule has 1 heterocycles. The molecule has 0 spiro atoms. The molecule has 5 nitrogen and oxygen atoms in total. The fourth-order valence-corrected chi connectivity index (χ4v) is 3.94. The normalized spacial score (nSPS) is 13.8. The molecule has 0 fully saturated rings. The van der Waals surface area contributed by atoms with Crippen LogP contribution in [0.4, 0.5) is 5.69 Å². The third kappa shape index (κ3) is 4.61. The van der Waals surface area contributed by atoms with Crippen LogP contribution in [-0.2, 0) is 11.2 Å². The van der Waals surface area contributed by atoms with Crippen LogP contribution < -0.4 is 15.0 Å². The van der Waals surface area contributed by atoms with Gasteiger partial charge in [-0.25, -0.2) is 0 Å². The third-order valence-electron chi connectivity index (χ3n) is 5.46. The first-order chi connectivity index (χ1) is 15.2. The van der Waals surface area contributed by atoms with Crippen molar-refractivity contribution in [1.82, 2.24) is 5.32 Å². The van der Waals surface area contributed by atoms with Gasteiger partial charge in [0.2, 0.25) is 0 Å². The lowest BCUT2D eigenvalue weighted by atomic mass is 9.99. The average molecular weight is 415 g/mol. The van der Waals surface area contributed by atoms with Crippen LogP contribution >= 0.6 is 0 Å². The Morgan fingerprint density at radius 2 is 1.68 bits per heavy atom. The molecular weight excluding hydrogens is 388 g/mol. The quantitative estimate of drug-likeness (QED) is 0.644. The van der Waals surface area contributed by atoms with Gasteiger partial charge in [-0.05, 0) is 61.2 Å². The summed E-state index contributed by atoms with van der Waals surface area (Å²) in [5.41, 5.74) is 3.33. The first-order valence-corrected chi connectivity index (χ1v) is 10.7. The van der Waals surface area contributed by atoms with E-state index < -0.39 is 6.04 Å². The van der Waals surface area contributed by atoms with Gasteiger partial charge in [-0.3, -0.25) is 9.59 Å². The van der Waals surface area contributed by atoms with Crippen molar-refractivity contribution in [3.8, 4) is 5.75 Å². The summed E-state index contributed by atoms with van der Waals surface area (Å²) in [6.45, 7) is 3.11. The Balaban J connectivity index is 1.61. The van der Waals surface area contributed by atoms with Crippen molar-refractivity contribution in [2.24, 2.45) is 0 Å². The second kappa shape index (κ2) is 9.47. The van der Waals surface area contributed by atoms with Crippen LogP contribution in [0.5, 0.6) is 5.75 Å². The molecule has 1 atom stereocenters. The average Bonchev–Trinajstić information content (AvgIpc) is 2.83. The smallest absolute Gasteiger partial charge is 0.254 e. The molecule has 0 saturated carbocycles. The van der Waals surface area contributed by atoms with Gasteiger partial charge >= 0.3 is 0 Å². The number of benzene rings is 3. The van der Waals surface area contributed by atoms with Crippen molar-refractivity contribution in [1.29, 1.82) is 0 Å². The van der Waals surface area contributed by atoms with Gasteiger partial charge in [0.1, 0.15) is 11.8 Å². The molecule has 0 aromatic heterocycles. The Morgan fingerprint density at radius 1 is 0.968 bits per heavy atom. The van der Waals surface area contributed by atoms with E-state index in [-0.39, 0.29) is 11.8 Å². The van der Waals surface area contributed by atoms with Crippen molar-refractivity contribution >= 4 is 17.5 Å². The molecule has 31 heavy (non-hydrogen) atoms. The Hall–Kier alpha value is -3.60. The summed E-state index contributed by atoms with van der Waals surface area (Å²) in [4.78, 5) is 28.5. The zero-order valence-corrected chi connectivity index (χ0v) is 17.6. The van der Waals surface area contributed by atoms with Gasteiger partial charge in [0.15, 0.2) is 0 Å². The van der Waals surface area contributed by atoms with E-state index in [9.17, 15) is 9.59 Å². The zero-order chi connectivity index (χ0) is 21.6. The predicted molar refractivity (Wildman–Crippen MR) is 121 cm³/mol. The van der Waals surface area contributed by atoms with Crippen molar-refractivity contribution in [3.63, 3.8) is 0 Å². The minimum absolute atomic E-state index is 0.127. The molecule has 2 amide bonds. The number of carbonyl (C=O) groups excluding carboxylic acids is 2. The van der Waals surface area contributed by atoms with Crippen LogP contribution in [0.1, 0.15) is 40.9 Å². The molecule has 1 N–H and O–H groups in total. The third-order valence-corrected chi connectivity index (χ3v) is 5.46. The molecule has 3 aromatic carbocycles. The molecule has 0 aliphatic carbocycles. The highest BCUT2D eigenvalue weighted by Gasteiger charge is 2.31. The monoisotopic (exact) mass is 414 g/mol. The summed E-state index contributed by atoms with van der Waals surface area (Å²) in [5.74, 6) is 0.285. The number of anilines is 1. The first-order valence-electron chi connectivity index (χ1n) is 10.7.